The van der Waals surface area contributed by atoms with Gasteiger partial charge in [0.15, 0.2) is 0 Å². The summed E-state index contributed by atoms with van der Waals surface area (Å²) in [7, 11) is 3.91. The molecule has 0 atom stereocenters. The molecule has 2 N–H and O–H groups in total. The first-order valence-electron chi connectivity index (χ1n) is 9.33. The van der Waals surface area contributed by atoms with Gasteiger partial charge in [0.05, 0.1) is 5.69 Å². The van der Waals surface area contributed by atoms with E-state index >= 15 is 0 Å². The number of rotatable bonds is 6. The summed E-state index contributed by atoms with van der Waals surface area (Å²) in [6, 6.07) is 9.75. The zero-order chi connectivity index (χ0) is 19.5. The number of carbonyl (C=O) groups excluding carboxylic acids is 1. The van der Waals surface area contributed by atoms with Crippen LogP contribution in [-0.4, -0.2) is 41.4 Å². The lowest BCUT2D eigenvalue weighted by atomic mass is 9.96. The smallest absolute Gasteiger partial charge is 0.227 e. The van der Waals surface area contributed by atoms with Gasteiger partial charge in [-0.15, -0.1) is 11.3 Å². The van der Waals surface area contributed by atoms with Gasteiger partial charge < -0.3 is 15.5 Å². The van der Waals surface area contributed by atoms with E-state index in [1.54, 1.807) is 11.3 Å². The summed E-state index contributed by atoms with van der Waals surface area (Å²) >= 11 is 1.79. The Morgan fingerprint density at radius 1 is 1.21 bits per heavy atom. The van der Waals surface area contributed by atoms with Crippen LogP contribution in [0.1, 0.15) is 16.9 Å². The first-order chi connectivity index (χ1) is 13.6. The maximum absolute atomic E-state index is 12.1. The van der Waals surface area contributed by atoms with Crippen molar-refractivity contribution in [2.75, 3.05) is 31.3 Å². The third-order valence-corrected chi connectivity index (χ3v) is 5.66. The van der Waals surface area contributed by atoms with E-state index in [9.17, 15) is 4.79 Å². The first-order valence-corrected chi connectivity index (χ1v) is 10.2. The van der Waals surface area contributed by atoms with Crippen molar-refractivity contribution in [3.63, 3.8) is 0 Å². The number of aromatic nitrogens is 2. The van der Waals surface area contributed by atoms with Gasteiger partial charge in [-0.1, -0.05) is 6.07 Å². The Morgan fingerprint density at radius 2 is 2.07 bits per heavy atom. The van der Waals surface area contributed by atoms with Crippen LogP contribution in [0.3, 0.4) is 0 Å². The number of aryl methyl sites for hydroxylation is 2. The highest BCUT2D eigenvalue weighted by molar-refractivity contribution is 7.10. The SMILES string of the molecule is CN(C)CCC(=O)Nc1cccc(Nc2ncc3c(n2)-c2ccsc2CC3)c1. The van der Waals surface area contributed by atoms with Gasteiger partial charge >= 0.3 is 0 Å². The minimum Gasteiger partial charge on any atom is -0.326 e. The third-order valence-electron chi connectivity index (χ3n) is 4.68. The van der Waals surface area contributed by atoms with Crippen molar-refractivity contribution < 1.29 is 4.79 Å². The van der Waals surface area contributed by atoms with Gasteiger partial charge in [-0.2, -0.15) is 0 Å². The summed E-state index contributed by atoms with van der Waals surface area (Å²) in [5.41, 5.74) is 5.03. The van der Waals surface area contributed by atoms with Crippen LogP contribution in [0, 0.1) is 0 Å². The predicted octanol–water partition coefficient (Wildman–Crippen LogP) is 3.94. The van der Waals surface area contributed by atoms with Crippen molar-refractivity contribution in [1.29, 1.82) is 0 Å². The van der Waals surface area contributed by atoms with E-state index in [0.717, 1.165) is 36.5 Å². The Labute approximate surface area is 168 Å². The highest BCUT2D eigenvalue weighted by atomic mass is 32.1. The molecule has 1 aromatic carbocycles. The number of fused-ring (bicyclic) bond motifs is 3. The second-order valence-electron chi connectivity index (χ2n) is 7.13. The molecule has 1 amide bonds. The molecule has 28 heavy (non-hydrogen) atoms. The number of hydrogen-bond acceptors (Lipinski definition) is 6. The molecular formula is C21H23N5OS. The molecule has 3 aromatic rings. The fourth-order valence-corrected chi connectivity index (χ4v) is 4.11. The molecule has 0 fully saturated rings. The predicted molar refractivity (Wildman–Crippen MR) is 114 cm³/mol. The van der Waals surface area contributed by atoms with E-state index in [-0.39, 0.29) is 5.91 Å². The molecule has 2 heterocycles. The van der Waals surface area contributed by atoms with Gasteiger partial charge in [-0.05, 0) is 62.1 Å². The van der Waals surface area contributed by atoms with Gasteiger partial charge in [0.1, 0.15) is 0 Å². The lowest BCUT2D eigenvalue weighted by Crippen LogP contribution is -2.20. The Morgan fingerprint density at radius 3 is 2.93 bits per heavy atom. The molecule has 4 rings (SSSR count). The Hall–Kier alpha value is -2.77. The number of nitrogens with zero attached hydrogens (tertiary/aromatic N) is 3. The van der Waals surface area contributed by atoms with Crippen LogP contribution >= 0.6 is 11.3 Å². The van der Waals surface area contributed by atoms with Crippen molar-refractivity contribution >= 4 is 34.6 Å². The number of anilines is 3. The van der Waals surface area contributed by atoms with Crippen LogP contribution in [0.4, 0.5) is 17.3 Å². The van der Waals surface area contributed by atoms with E-state index in [1.165, 1.54) is 16.0 Å². The first kappa shape index (κ1) is 18.6. The zero-order valence-corrected chi connectivity index (χ0v) is 16.8. The monoisotopic (exact) mass is 393 g/mol. The second kappa shape index (κ2) is 8.08. The lowest BCUT2D eigenvalue weighted by molar-refractivity contribution is -0.116. The van der Waals surface area contributed by atoms with E-state index in [1.807, 2.05) is 49.5 Å². The lowest BCUT2D eigenvalue weighted by Gasteiger charge is -2.16. The number of carbonyl (C=O) groups is 1. The van der Waals surface area contributed by atoms with Crippen LogP contribution in [0.25, 0.3) is 11.3 Å². The molecule has 1 aliphatic rings. The summed E-state index contributed by atoms with van der Waals surface area (Å²) in [6.45, 7) is 0.720. The summed E-state index contributed by atoms with van der Waals surface area (Å²) in [5.74, 6) is 0.565. The zero-order valence-electron chi connectivity index (χ0n) is 16.0. The molecule has 1 aliphatic carbocycles. The Kier molecular flexibility index (Phi) is 5.36. The molecule has 0 bridgehead atoms. The second-order valence-corrected chi connectivity index (χ2v) is 8.13. The molecule has 6 nitrogen and oxygen atoms in total. The summed E-state index contributed by atoms with van der Waals surface area (Å²) in [5, 5.41) is 8.32. The summed E-state index contributed by atoms with van der Waals surface area (Å²) in [4.78, 5) is 24.7. The molecule has 2 aromatic heterocycles. The molecule has 0 radical (unpaired) electrons. The van der Waals surface area contributed by atoms with Crippen molar-refractivity contribution in [1.82, 2.24) is 14.9 Å². The van der Waals surface area contributed by atoms with Crippen molar-refractivity contribution in [2.24, 2.45) is 0 Å². The van der Waals surface area contributed by atoms with Crippen molar-refractivity contribution in [3.05, 3.63) is 52.3 Å². The number of hydrogen-bond donors (Lipinski definition) is 2. The van der Waals surface area contributed by atoms with E-state index in [0.29, 0.717) is 12.4 Å². The fourth-order valence-electron chi connectivity index (χ4n) is 3.23. The van der Waals surface area contributed by atoms with Crippen molar-refractivity contribution in [3.8, 4) is 11.3 Å². The van der Waals surface area contributed by atoms with E-state index in [4.69, 9.17) is 4.98 Å². The van der Waals surface area contributed by atoms with Gasteiger partial charge in [0, 0.05) is 41.0 Å². The summed E-state index contributed by atoms with van der Waals surface area (Å²) < 4.78 is 0. The fraction of sp³-hybridized carbons (Fsp3) is 0.286. The standard InChI is InChI=1S/C21H23N5OS/c1-26(2)10-8-19(27)23-15-4-3-5-16(12-15)24-21-22-13-14-6-7-18-17(9-11-28-18)20(14)25-21/h3-5,9,11-13H,6-8,10H2,1-2H3,(H,23,27)(H,22,24,25). The topological polar surface area (TPSA) is 70.2 Å². The van der Waals surface area contributed by atoms with E-state index in [2.05, 4.69) is 27.1 Å². The van der Waals surface area contributed by atoms with Gasteiger partial charge in [0.2, 0.25) is 11.9 Å². The molecule has 0 saturated heterocycles. The molecule has 0 unspecified atom stereocenters. The minimum absolute atomic E-state index is 0.000804. The van der Waals surface area contributed by atoms with Crippen LogP contribution in [0.15, 0.2) is 41.9 Å². The van der Waals surface area contributed by atoms with Crippen LogP contribution in [-0.2, 0) is 17.6 Å². The highest BCUT2D eigenvalue weighted by Gasteiger charge is 2.19. The molecule has 0 aliphatic heterocycles. The van der Waals surface area contributed by atoms with Crippen molar-refractivity contribution in [2.45, 2.75) is 19.3 Å². The largest absolute Gasteiger partial charge is 0.326 e. The van der Waals surface area contributed by atoms with E-state index < -0.39 is 0 Å². The van der Waals surface area contributed by atoms with Crippen LogP contribution < -0.4 is 10.6 Å². The van der Waals surface area contributed by atoms with Gasteiger partial charge in [0.25, 0.3) is 0 Å². The average molecular weight is 394 g/mol. The van der Waals surface area contributed by atoms with Gasteiger partial charge in [-0.3, -0.25) is 4.79 Å². The number of nitrogens with one attached hydrogen (secondary N) is 2. The molecule has 0 spiro atoms. The Bertz CT molecular complexity index is 998. The van der Waals surface area contributed by atoms with Crippen LogP contribution in [0.5, 0.6) is 0 Å². The quantitative estimate of drug-likeness (QED) is 0.664. The maximum Gasteiger partial charge on any atom is 0.227 e. The highest BCUT2D eigenvalue weighted by Crippen LogP contribution is 2.35. The number of benzene rings is 1. The van der Waals surface area contributed by atoms with Crippen LogP contribution in [0.2, 0.25) is 0 Å². The number of amides is 1. The number of thiophene rings is 1. The molecule has 7 heteroatoms. The average Bonchev–Trinajstić information content (AvgIpc) is 3.16. The molecular weight excluding hydrogens is 370 g/mol. The Balaban J connectivity index is 1.48. The normalized spacial score (nSPS) is 12.4. The third kappa shape index (κ3) is 4.21. The molecule has 144 valence electrons. The minimum atomic E-state index is 0.000804. The van der Waals surface area contributed by atoms with Gasteiger partial charge in [-0.25, -0.2) is 9.97 Å². The molecule has 0 saturated carbocycles. The summed E-state index contributed by atoms with van der Waals surface area (Å²) in [6.07, 6.45) is 4.42. The maximum atomic E-state index is 12.1.